The van der Waals surface area contributed by atoms with Crippen LogP contribution in [0.25, 0.3) is 11.0 Å². The highest BCUT2D eigenvalue weighted by Crippen LogP contribution is 2.28. The fraction of sp³-hybridized carbons (Fsp3) is 0.316. The number of hydrogen-bond acceptors (Lipinski definition) is 8. The molecular weight excluding hydrogens is 384 g/mol. The Hall–Kier alpha value is -2.13. The van der Waals surface area contributed by atoms with Gasteiger partial charge in [-0.3, -0.25) is 9.59 Å². The molecule has 2 aliphatic rings. The summed E-state index contributed by atoms with van der Waals surface area (Å²) in [6.45, 7) is 0.607. The number of aldehydes is 1. The van der Waals surface area contributed by atoms with Gasteiger partial charge in [0.15, 0.2) is 11.5 Å². The SMILES string of the molecule is O=C[C@H]1NCC(=S)C1C(=O)[C@H]1NCC(=S)C1C(=O)c1cc2ccccc2o1. The van der Waals surface area contributed by atoms with Crippen molar-refractivity contribution in [2.24, 2.45) is 11.8 Å². The van der Waals surface area contributed by atoms with Crippen LogP contribution in [0.4, 0.5) is 0 Å². The zero-order chi connectivity index (χ0) is 19.1. The topological polar surface area (TPSA) is 88.4 Å². The third kappa shape index (κ3) is 3.08. The number of hydrogen-bond donors (Lipinski definition) is 2. The van der Waals surface area contributed by atoms with Crippen molar-refractivity contribution < 1.29 is 18.8 Å². The Kier molecular flexibility index (Phi) is 4.81. The molecule has 0 bridgehead atoms. The fourth-order valence-electron chi connectivity index (χ4n) is 3.75. The largest absolute Gasteiger partial charge is 0.453 e. The quantitative estimate of drug-likeness (QED) is 0.441. The molecule has 8 heteroatoms. The smallest absolute Gasteiger partial charge is 0.208 e. The summed E-state index contributed by atoms with van der Waals surface area (Å²) in [5, 5.41) is 6.76. The molecule has 6 nitrogen and oxygen atoms in total. The molecule has 27 heavy (non-hydrogen) atoms. The predicted molar refractivity (Wildman–Crippen MR) is 107 cm³/mol. The summed E-state index contributed by atoms with van der Waals surface area (Å²) in [5.74, 6) is -2.00. The maximum atomic E-state index is 13.1. The van der Waals surface area contributed by atoms with Crippen LogP contribution in [0, 0.1) is 11.8 Å². The number of benzene rings is 1. The summed E-state index contributed by atoms with van der Waals surface area (Å²) in [7, 11) is 0. The number of fused-ring (bicyclic) bond motifs is 1. The van der Waals surface area contributed by atoms with Gasteiger partial charge in [-0.25, -0.2) is 0 Å². The van der Waals surface area contributed by atoms with E-state index < -0.39 is 23.9 Å². The van der Waals surface area contributed by atoms with Crippen molar-refractivity contribution in [3.05, 3.63) is 36.1 Å². The molecule has 2 fully saturated rings. The second-order valence-corrected chi connectivity index (χ2v) is 7.75. The first-order valence-corrected chi connectivity index (χ1v) is 9.37. The number of thiocarbonyl (C=S) groups is 2. The zero-order valence-corrected chi connectivity index (χ0v) is 15.8. The van der Waals surface area contributed by atoms with Crippen LogP contribution in [-0.2, 0) is 9.59 Å². The lowest BCUT2D eigenvalue weighted by Gasteiger charge is -2.21. The Morgan fingerprint density at radius 3 is 2.52 bits per heavy atom. The van der Waals surface area contributed by atoms with Crippen molar-refractivity contribution in [1.29, 1.82) is 0 Å². The Morgan fingerprint density at radius 1 is 1.07 bits per heavy atom. The summed E-state index contributed by atoms with van der Waals surface area (Å²) in [6, 6.07) is 7.48. The number of nitrogens with one attached hydrogen (secondary N) is 2. The summed E-state index contributed by atoms with van der Waals surface area (Å²) in [6.07, 6.45) is 0.686. The molecular formula is C19H16N2O4S2. The van der Waals surface area contributed by atoms with E-state index in [-0.39, 0.29) is 23.9 Å². The molecule has 0 aliphatic carbocycles. The number of ketones is 2. The second-order valence-electron chi connectivity index (χ2n) is 6.70. The number of furan rings is 1. The van der Waals surface area contributed by atoms with Crippen molar-refractivity contribution in [1.82, 2.24) is 10.6 Å². The third-order valence-electron chi connectivity index (χ3n) is 5.10. The summed E-state index contributed by atoms with van der Waals surface area (Å²) >= 11 is 10.6. The first-order chi connectivity index (χ1) is 13.0. The van der Waals surface area contributed by atoms with E-state index in [0.29, 0.717) is 28.1 Å². The summed E-state index contributed by atoms with van der Waals surface area (Å²) < 4.78 is 5.66. The van der Waals surface area contributed by atoms with E-state index in [2.05, 4.69) is 10.6 Å². The van der Waals surface area contributed by atoms with Crippen LogP contribution in [-0.4, -0.2) is 52.8 Å². The van der Waals surface area contributed by atoms with Gasteiger partial charge in [0, 0.05) is 28.2 Å². The van der Waals surface area contributed by atoms with E-state index >= 15 is 0 Å². The minimum absolute atomic E-state index is 0.170. The van der Waals surface area contributed by atoms with Crippen molar-refractivity contribution in [2.75, 3.05) is 13.1 Å². The number of rotatable bonds is 5. The Balaban J connectivity index is 1.64. The van der Waals surface area contributed by atoms with Gasteiger partial charge < -0.3 is 19.8 Å². The number of carbonyl (C=O) groups excluding carboxylic acids is 3. The molecule has 2 saturated heterocycles. The van der Waals surface area contributed by atoms with Crippen LogP contribution in [0.15, 0.2) is 34.7 Å². The van der Waals surface area contributed by atoms with Gasteiger partial charge in [-0.1, -0.05) is 42.6 Å². The molecule has 2 unspecified atom stereocenters. The van der Waals surface area contributed by atoms with Gasteiger partial charge in [-0.15, -0.1) is 0 Å². The number of carbonyl (C=O) groups is 3. The zero-order valence-electron chi connectivity index (χ0n) is 14.1. The second kappa shape index (κ2) is 7.12. The number of para-hydroxylation sites is 1. The average molecular weight is 400 g/mol. The van der Waals surface area contributed by atoms with Crippen molar-refractivity contribution in [3.63, 3.8) is 0 Å². The third-order valence-corrected chi connectivity index (χ3v) is 5.90. The maximum Gasteiger partial charge on any atom is 0.208 e. The van der Waals surface area contributed by atoms with Crippen LogP contribution in [0.3, 0.4) is 0 Å². The predicted octanol–water partition coefficient (Wildman–Crippen LogP) is 1.30. The molecule has 0 radical (unpaired) electrons. The minimum atomic E-state index is -0.816. The highest BCUT2D eigenvalue weighted by molar-refractivity contribution is 7.80. The number of Topliss-reactive ketones (excluding diaryl/α,β-unsaturated/α-hetero) is 2. The fourth-order valence-corrected chi connectivity index (χ4v) is 4.42. The molecule has 0 amide bonds. The molecule has 4 atom stereocenters. The van der Waals surface area contributed by atoms with E-state index in [1.165, 1.54) is 0 Å². The minimum Gasteiger partial charge on any atom is -0.453 e. The standard InChI is InChI=1S/C19H16N2O4S2/c22-8-10-15(13(26)6-20-10)19(24)17-16(14(27)7-21-17)18(23)12-5-9-3-1-2-4-11(9)25-12/h1-5,8,10,15-17,20-21H,6-7H2/t10-,15?,16?,17+/m1/s1. The normalized spacial score (nSPS) is 28.0. The molecule has 2 N–H and O–H groups in total. The maximum absolute atomic E-state index is 13.1. The first kappa shape index (κ1) is 18.2. The molecule has 1 aromatic carbocycles. The molecule has 3 heterocycles. The Morgan fingerprint density at radius 2 is 1.78 bits per heavy atom. The molecule has 0 spiro atoms. The van der Waals surface area contributed by atoms with E-state index in [0.717, 1.165) is 5.39 Å². The lowest BCUT2D eigenvalue weighted by molar-refractivity contribution is -0.125. The highest BCUT2D eigenvalue weighted by Gasteiger charge is 2.48. The molecule has 138 valence electrons. The van der Waals surface area contributed by atoms with Crippen LogP contribution in [0.2, 0.25) is 0 Å². The van der Waals surface area contributed by atoms with E-state index in [9.17, 15) is 14.4 Å². The van der Waals surface area contributed by atoms with Gasteiger partial charge in [0.05, 0.1) is 23.9 Å². The monoisotopic (exact) mass is 400 g/mol. The van der Waals surface area contributed by atoms with Gasteiger partial charge in [-0.2, -0.15) is 0 Å². The summed E-state index contributed by atoms with van der Waals surface area (Å²) in [4.78, 5) is 38.4. The van der Waals surface area contributed by atoms with Crippen LogP contribution in [0.1, 0.15) is 10.6 Å². The van der Waals surface area contributed by atoms with Crippen molar-refractivity contribution in [3.8, 4) is 0 Å². The molecule has 2 aliphatic heterocycles. The first-order valence-electron chi connectivity index (χ1n) is 8.55. The van der Waals surface area contributed by atoms with Crippen molar-refractivity contribution in [2.45, 2.75) is 12.1 Å². The van der Waals surface area contributed by atoms with Crippen molar-refractivity contribution >= 4 is 63.0 Å². The molecule has 0 saturated carbocycles. The van der Waals surface area contributed by atoms with Gasteiger partial charge in [0.1, 0.15) is 11.9 Å². The van der Waals surface area contributed by atoms with Gasteiger partial charge in [0.2, 0.25) is 5.78 Å². The van der Waals surface area contributed by atoms with Gasteiger partial charge in [0.25, 0.3) is 0 Å². The van der Waals surface area contributed by atoms with E-state index in [4.69, 9.17) is 28.9 Å². The Labute approximate surface area is 165 Å². The lowest BCUT2D eigenvalue weighted by Crippen LogP contribution is -2.47. The molecule has 2 aromatic rings. The molecule has 4 rings (SSSR count). The van der Waals surface area contributed by atoms with Crippen LogP contribution in [0.5, 0.6) is 0 Å². The average Bonchev–Trinajstić information content (AvgIpc) is 3.36. The Bertz CT molecular complexity index is 950. The van der Waals surface area contributed by atoms with Crippen LogP contribution < -0.4 is 10.6 Å². The van der Waals surface area contributed by atoms with E-state index in [1.807, 2.05) is 18.2 Å². The van der Waals surface area contributed by atoms with Gasteiger partial charge in [-0.05, 0) is 12.1 Å². The summed E-state index contributed by atoms with van der Waals surface area (Å²) in [5.41, 5.74) is 0.600. The van der Waals surface area contributed by atoms with Crippen LogP contribution >= 0.6 is 24.4 Å². The van der Waals surface area contributed by atoms with Gasteiger partial charge >= 0.3 is 0 Å². The lowest BCUT2D eigenvalue weighted by atomic mass is 9.84. The highest BCUT2D eigenvalue weighted by atomic mass is 32.1. The van der Waals surface area contributed by atoms with E-state index in [1.54, 1.807) is 12.1 Å². The molecule has 1 aromatic heterocycles.